The number of hydrogen-bond acceptors (Lipinski definition) is 20. The minimum atomic E-state index is -3.08. The molecule has 0 saturated carbocycles. The largest absolute Gasteiger partial charge is 0.477 e. The summed E-state index contributed by atoms with van der Waals surface area (Å²) in [7, 11) is 0. The summed E-state index contributed by atoms with van der Waals surface area (Å²) in [4.78, 5) is 38.4. The molecule has 3 rings (SSSR count). The van der Waals surface area contributed by atoms with Crippen molar-refractivity contribution in [3.63, 3.8) is 0 Å². The van der Waals surface area contributed by atoms with Crippen molar-refractivity contribution < 1.29 is 104 Å². The number of rotatable bonds is 47. The molecular formula is C63H112N2O21. The molecule has 3 aliphatic heterocycles. The van der Waals surface area contributed by atoms with Crippen molar-refractivity contribution in [3.05, 3.63) is 36.5 Å². The highest BCUT2D eigenvalue weighted by Crippen LogP contribution is 2.38. The summed E-state index contributed by atoms with van der Waals surface area (Å²) in [6, 6.07) is -2.62. The molecule has 18 unspecified atom stereocenters. The first-order chi connectivity index (χ1) is 41.4. The highest BCUT2D eigenvalue weighted by Gasteiger charge is 2.60. The van der Waals surface area contributed by atoms with Gasteiger partial charge < -0.3 is 100 Å². The average molecular weight is 1230 g/mol. The first kappa shape index (κ1) is 77.2. The number of nitrogens with one attached hydrogen (secondary N) is 2. The highest BCUT2D eigenvalue weighted by molar-refractivity contribution is 5.77. The van der Waals surface area contributed by atoms with Crippen LogP contribution in [0.15, 0.2) is 36.5 Å². The third-order valence-electron chi connectivity index (χ3n) is 16.3. The molecule has 3 fully saturated rings. The van der Waals surface area contributed by atoms with Gasteiger partial charge in [-0.2, -0.15) is 0 Å². The topological polar surface area (TPSA) is 373 Å². The number of ether oxygens (including phenoxy) is 6. The Hall–Kier alpha value is -3.05. The van der Waals surface area contributed by atoms with Crippen molar-refractivity contribution in [2.75, 3.05) is 26.4 Å². The fraction of sp³-hybridized carbons (Fsp3) is 0.857. The van der Waals surface area contributed by atoms with E-state index in [0.717, 1.165) is 84.0 Å². The lowest BCUT2D eigenvalue weighted by Crippen LogP contribution is -2.70. The van der Waals surface area contributed by atoms with E-state index in [1.807, 2.05) is 6.08 Å². The Balaban J connectivity index is 1.65. The first-order valence-corrected chi connectivity index (χ1v) is 32.4. The molecule has 0 spiro atoms. The smallest absolute Gasteiger partial charge is 0.364 e. The number of aliphatic carboxylic acids is 1. The van der Waals surface area contributed by atoms with Gasteiger partial charge in [0.05, 0.1) is 50.7 Å². The number of unbranched alkanes of at least 4 members (excludes halogenated alkanes) is 23. The molecule has 23 heteroatoms. The Bertz CT molecular complexity index is 1900. The quantitative estimate of drug-likeness (QED) is 0.0299. The first-order valence-electron chi connectivity index (χ1n) is 32.4. The zero-order valence-corrected chi connectivity index (χ0v) is 51.7. The molecule has 0 aromatic heterocycles. The van der Waals surface area contributed by atoms with Gasteiger partial charge in [0.25, 0.3) is 5.79 Å². The van der Waals surface area contributed by atoms with Gasteiger partial charge in [0, 0.05) is 19.8 Å². The second kappa shape index (κ2) is 44.4. The summed E-state index contributed by atoms with van der Waals surface area (Å²) < 4.78 is 34.7. The standard InChI is InChI=1S/C63H112N2O21/c1-4-6-8-10-12-14-16-18-20-21-23-25-27-29-31-33-35-37-50(73)65-44(45(70)36-34-32-30-28-26-24-22-19-17-15-13-11-9-7-5-2)42-81-60-55(77)54(76)57(49(41-68)83-60)84-61-56(78)59(53(75)48(40-67)82-61)86-63(62(79)80)38-46(71)51(64-43(3)69)58(85-63)52(74)47(72)39-66/h12,14,18,20,34,36,44-49,51-61,66-68,70-72,74-78H,4-11,13,15-17,19,21-33,35,37-42H2,1-3H3,(H,64,69)(H,65,73)(H,79,80)/b14-12-,20-18-,36-34+. The Kier molecular flexibility index (Phi) is 39.9. The summed E-state index contributed by atoms with van der Waals surface area (Å²) in [5, 5.41) is 136. The van der Waals surface area contributed by atoms with Crippen LogP contribution in [-0.2, 0) is 42.8 Å². The molecule has 18 atom stereocenters. The van der Waals surface area contributed by atoms with E-state index in [9.17, 15) is 75.7 Å². The van der Waals surface area contributed by atoms with Gasteiger partial charge in [0.2, 0.25) is 11.8 Å². The van der Waals surface area contributed by atoms with Crippen molar-refractivity contribution in [3.8, 4) is 0 Å². The maximum Gasteiger partial charge on any atom is 0.364 e. The summed E-state index contributed by atoms with van der Waals surface area (Å²) in [6.07, 6.45) is 13.3. The summed E-state index contributed by atoms with van der Waals surface area (Å²) in [6.45, 7) is 2.07. The normalized spacial score (nSPS) is 29.6. The minimum Gasteiger partial charge on any atom is -0.477 e. The molecule has 500 valence electrons. The molecule has 86 heavy (non-hydrogen) atoms. The molecule has 0 bridgehead atoms. The second-order valence-corrected chi connectivity index (χ2v) is 23.6. The number of carboxylic acid groups (broad SMARTS) is 1. The van der Waals surface area contributed by atoms with Crippen molar-refractivity contribution in [2.45, 2.75) is 317 Å². The van der Waals surface area contributed by atoms with E-state index in [4.69, 9.17) is 28.4 Å². The van der Waals surface area contributed by atoms with Gasteiger partial charge in [0.15, 0.2) is 12.6 Å². The van der Waals surface area contributed by atoms with Crippen LogP contribution < -0.4 is 10.6 Å². The van der Waals surface area contributed by atoms with E-state index >= 15 is 0 Å². The van der Waals surface area contributed by atoms with Crippen LogP contribution in [0.1, 0.15) is 207 Å². The van der Waals surface area contributed by atoms with Gasteiger partial charge >= 0.3 is 5.97 Å². The molecule has 0 aromatic carbocycles. The lowest BCUT2D eigenvalue weighted by molar-refractivity contribution is -0.386. The average Bonchev–Trinajstić information content (AvgIpc) is 1.19. The number of allylic oxidation sites excluding steroid dienone is 5. The van der Waals surface area contributed by atoms with Crippen LogP contribution in [0, 0.1) is 0 Å². The molecule has 0 aromatic rings. The Morgan fingerprint density at radius 2 is 1.13 bits per heavy atom. The van der Waals surface area contributed by atoms with Crippen LogP contribution >= 0.6 is 0 Å². The van der Waals surface area contributed by atoms with Crippen LogP contribution in [0.2, 0.25) is 0 Å². The predicted octanol–water partition coefficient (Wildman–Crippen LogP) is 4.28. The Morgan fingerprint density at radius 1 is 0.616 bits per heavy atom. The maximum absolute atomic E-state index is 13.4. The van der Waals surface area contributed by atoms with E-state index in [0.29, 0.717) is 12.8 Å². The number of hydrogen-bond donors (Lipinski definition) is 14. The van der Waals surface area contributed by atoms with Crippen LogP contribution in [0.5, 0.6) is 0 Å². The number of carbonyl (C=O) groups is 3. The van der Waals surface area contributed by atoms with Gasteiger partial charge in [-0.1, -0.05) is 172 Å². The molecular weight excluding hydrogens is 1120 g/mol. The van der Waals surface area contributed by atoms with Gasteiger partial charge in [0.1, 0.15) is 67.1 Å². The lowest BCUT2D eigenvalue weighted by atomic mass is 9.88. The zero-order valence-electron chi connectivity index (χ0n) is 51.7. The zero-order chi connectivity index (χ0) is 63.3. The number of aliphatic hydroxyl groups is 11. The molecule has 14 N–H and O–H groups in total. The van der Waals surface area contributed by atoms with Gasteiger partial charge in [-0.05, 0) is 51.4 Å². The van der Waals surface area contributed by atoms with E-state index in [2.05, 4.69) is 48.8 Å². The molecule has 3 aliphatic rings. The molecule has 23 nitrogen and oxygen atoms in total. The SMILES string of the molecule is CCCCC/C=C\C/C=C\CCCCCCCCCC(=O)NC(COC1OC(CO)C(OC2OC(CO)C(O)C(OC3(C(=O)O)CC(O)C(NC(C)=O)C(C(O)C(O)CO)O3)C2O)C(O)C1O)C(O)/C=C/CCCCCCCCCCCCCCC. The predicted molar refractivity (Wildman–Crippen MR) is 320 cm³/mol. The van der Waals surface area contributed by atoms with Crippen LogP contribution in [-0.4, -0.2) is 215 Å². The van der Waals surface area contributed by atoms with Gasteiger partial charge in [-0.15, -0.1) is 0 Å². The van der Waals surface area contributed by atoms with E-state index in [-0.39, 0.29) is 12.3 Å². The fourth-order valence-electron chi connectivity index (χ4n) is 11.1. The molecule has 0 aliphatic carbocycles. The van der Waals surface area contributed by atoms with Crippen LogP contribution in [0.25, 0.3) is 0 Å². The van der Waals surface area contributed by atoms with E-state index in [1.54, 1.807) is 6.08 Å². The number of amides is 2. The number of carbonyl (C=O) groups excluding carboxylic acids is 2. The third kappa shape index (κ3) is 27.6. The highest BCUT2D eigenvalue weighted by atomic mass is 16.8. The fourth-order valence-corrected chi connectivity index (χ4v) is 11.1. The van der Waals surface area contributed by atoms with E-state index < -0.39 is 155 Å². The number of aliphatic hydroxyl groups excluding tert-OH is 11. The van der Waals surface area contributed by atoms with Gasteiger partial charge in [-0.3, -0.25) is 9.59 Å². The molecule has 2 amide bonds. The van der Waals surface area contributed by atoms with Crippen molar-refractivity contribution in [1.82, 2.24) is 10.6 Å². The van der Waals surface area contributed by atoms with E-state index in [1.165, 1.54) is 83.5 Å². The van der Waals surface area contributed by atoms with Crippen molar-refractivity contribution in [2.24, 2.45) is 0 Å². The molecule has 3 heterocycles. The van der Waals surface area contributed by atoms with Crippen LogP contribution in [0.4, 0.5) is 0 Å². The monoisotopic (exact) mass is 1230 g/mol. The van der Waals surface area contributed by atoms with Crippen LogP contribution in [0.3, 0.4) is 0 Å². The molecule has 3 saturated heterocycles. The second-order valence-electron chi connectivity index (χ2n) is 23.6. The Labute approximate surface area is 510 Å². The molecule has 0 radical (unpaired) electrons. The summed E-state index contributed by atoms with van der Waals surface area (Å²) >= 11 is 0. The number of carboxylic acids is 1. The summed E-state index contributed by atoms with van der Waals surface area (Å²) in [5.74, 6) is -6.16. The minimum absolute atomic E-state index is 0.190. The summed E-state index contributed by atoms with van der Waals surface area (Å²) in [5.41, 5.74) is 0. The van der Waals surface area contributed by atoms with Crippen molar-refractivity contribution >= 4 is 17.8 Å². The van der Waals surface area contributed by atoms with Crippen molar-refractivity contribution in [1.29, 1.82) is 0 Å². The maximum atomic E-state index is 13.4. The Morgan fingerprint density at radius 3 is 1.66 bits per heavy atom. The van der Waals surface area contributed by atoms with Gasteiger partial charge in [-0.25, -0.2) is 4.79 Å². The third-order valence-corrected chi connectivity index (χ3v) is 16.3. The lowest BCUT2D eigenvalue weighted by Gasteiger charge is -2.50.